The number of rotatable bonds is 5. The van der Waals surface area contributed by atoms with Crippen molar-refractivity contribution in [3.63, 3.8) is 0 Å². The zero-order valence-corrected chi connectivity index (χ0v) is 10.9. The number of esters is 1. The standard InChI is InChI=1S/C12H13N3O6/c13-11-2-1-10(11)12(16)21-6-7-3-8(14(17)18)5-9(4-7)15(19)20/h3-5,10-11H,1-2,6,13H2. The Bertz CT molecular complexity index is 570. The van der Waals surface area contributed by atoms with Crippen molar-refractivity contribution in [2.75, 3.05) is 0 Å². The van der Waals surface area contributed by atoms with Gasteiger partial charge < -0.3 is 10.5 Å². The molecule has 9 heteroatoms. The topological polar surface area (TPSA) is 139 Å². The van der Waals surface area contributed by atoms with Crippen LogP contribution >= 0.6 is 0 Å². The second-order valence-corrected chi connectivity index (χ2v) is 4.83. The van der Waals surface area contributed by atoms with E-state index in [0.717, 1.165) is 24.6 Å². The summed E-state index contributed by atoms with van der Waals surface area (Å²) in [6.07, 6.45) is 1.40. The van der Waals surface area contributed by atoms with Crippen LogP contribution in [0.1, 0.15) is 18.4 Å². The zero-order valence-electron chi connectivity index (χ0n) is 10.9. The summed E-state index contributed by atoms with van der Waals surface area (Å²) in [6.45, 7) is -0.259. The van der Waals surface area contributed by atoms with Gasteiger partial charge in [0.1, 0.15) is 6.61 Å². The molecule has 1 fully saturated rings. The molecule has 0 heterocycles. The van der Waals surface area contributed by atoms with Crippen molar-refractivity contribution in [3.05, 3.63) is 44.0 Å². The van der Waals surface area contributed by atoms with Gasteiger partial charge >= 0.3 is 5.97 Å². The SMILES string of the molecule is NC1CCC1C(=O)OCc1cc([N+](=O)[O-])cc([N+](=O)[O-])c1. The predicted octanol–water partition coefficient (Wildman–Crippen LogP) is 1.28. The summed E-state index contributed by atoms with van der Waals surface area (Å²) < 4.78 is 5.01. The molecule has 21 heavy (non-hydrogen) atoms. The van der Waals surface area contributed by atoms with Gasteiger partial charge in [-0.3, -0.25) is 25.0 Å². The number of ether oxygens (including phenoxy) is 1. The zero-order chi connectivity index (χ0) is 15.6. The smallest absolute Gasteiger partial charge is 0.310 e. The van der Waals surface area contributed by atoms with Crippen LogP contribution in [0.15, 0.2) is 18.2 Å². The quantitative estimate of drug-likeness (QED) is 0.490. The Morgan fingerprint density at radius 3 is 2.14 bits per heavy atom. The summed E-state index contributed by atoms with van der Waals surface area (Å²) in [5.41, 5.74) is 4.99. The lowest BCUT2D eigenvalue weighted by Crippen LogP contribution is -2.44. The second-order valence-electron chi connectivity index (χ2n) is 4.83. The first-order valence-electron chi connectivity index (χ1n) is 6.23. The van der Waals surface area contributed by atoms with Crippen molar-refractivity contribution >= 4 is 17.3 Å². The van der Waals surface area contributed by atoms with Crippen LogP contribution < -0.4 is 5.73 Å². The van der Waals surface area contributed by atoms with Gasteiger partial charge in [-0.05, 0) is 12.8 Å². The van der Waals surface area contributed by atoms with Crippen LogP contribution in [0.25, 0.3) is 0 Å². The summed E-state index contributed by atoms with van der Waals surface area (Å²) in [4.78, 5) is 31.7. The fourth-order valence-corrected chi connectivity index (χ4v) is 2.03. The third-order valence-electron chi connectivity index (χ3n) is 3.40. The van der Waals surface area contributed by atoms with E-state index in [-0.39, 0.29) is 24.1 Å². The number of carbonyl (C=O) groups is 1. The molecule has 9 nitrogen and oxygen atoms in total. The number of nitro benzene ring substituents is 2. The van der Waals surface area contributed by atoms with Crippen LogP contribution in [0.3, 0.4) is 0 Å². The first-order chi connectivity index (χ1) is 9.88. The number of nitrogens with zero attached hydrogens (tertiary/aromatic N) is 2. The van der Waals surface area contributed by atoms with Crippen LogP contribution in [-0.2, 0) is 16.1 Å². The van der Waals surface area contributed by atoms with Gasteiger partial charge in [0, 0.05) is 23.7 Å². The number of benzene rings is 1. The third kappa shape index (κ3) is 3.31. The molecule has 0 amide bonds. The minimum absolute atomic E-state index is 0.192. The van der Waals surface area contributed by atoms with E-state index in [1.165, 1.54) is 0 Å². The highest BCUT2D eigenvalue weighted by Crippen LogP contribution is 2.28. The second kappa shape index (κ2) is 5.83. The lowest BCUT2D eigenvalue weighted by molar-refractivity contribution is -0.394. The van der Waals surface area contributed by atoms with Crippen molar-refractivity contribution in [2.45, 2.75) is 25.5 Å². The maximum absolute atomic E-state index is 11.7. The number of non-ortho nitro benzene ring substituents is 2. The van der Waals surface area contributed by atoms with Gasteiger partial charge in [0.15, 0.2) is 0 Å². The van der Waals surface area contributed by atoms with Gasteiger partial charge in [0.05, 0.1) is 21.8 Å². The Kier molecular flexibility index (Phi) is 4.13. The van der Waals surface area contributed by atoms with Gasteiger partial charge in [-0.15, -0.1) is 0 Å². The summed E-state index contributed by atoms with van der Waals surface area (Å²) in [5.74, 6) is -0.846. The number of hydrogen-bond donors (Lipinski definition) is 1. The molecule has 2 N–H and O–H groups in total. The van der Waals surface area contributed by atoms with E-state index >= 15 is 0 Å². The molecule has 1 saturated carbocycles. The Morgan fingerprint density at radius 2 is 1.76 bits per heavy atom. The largest absolute Gasteiger partial charge is 0.461 e. The molecule has 0 spiro atoms. The molecule has 2 atom stereocenters. The fourth-order valence-electron chi connectivity index (χ4n) is 2.03. The normalized spacial score (nSPS) is 20.4. The van der Waals surface area contributed by atoms with Gasteiger partial charge in [-0.25, -0.2) is 0 Å². The molecule has 0 aliphatic heterocycles. The molecule has 1 aliphatic carbocycles. The van der Waals surface area contributed by atoms with Crippen molar-refractivity contribution < 1.29 is 19.4 Å². The summed E-state index contributed by atoms with van der Waals surface area (Å²) in [6, 6.07) is 2.91. The highest BCUT2D eigenvalue weighted by molar-refractivity contribution is 5.74. The average molecular weight is 295 g/mol. The summed E-state index contributed by atoms with van der Waals surface area (Å²) in [5, 5.41) is 21.5. The van der Waals surface area contributed by atoms with Crippen molar-refractivity contribution in [1.82, 2.24) is 0 Å². The molecule has 0 saturated heterocycles. The van der Waals surface area contributed by atoms with Gasteiger partial charge in [0.25, 0.3) is 11.4 Å². The molecule has 2 unspecified atom stereocenters. The molecule has 0 radical (unpaired) electrons. The van der Waals surface area contributed by atoms with Crippen LogP contribution in [0.2, 0.25) is 0 Å². The molecule has 1 aromatic carbocycles. The number of hydrogen-bond acceptors (Lipinski definition) is 7. The van der Waals surface area contributed by atoms with E-state index in [2.05, 4.69) is 0 Å². The van der Waals surface area contributed by atoms with Crippen LogP contribution in [-0.4, -0.2) is 21.9 Å². The van der Waals surface area contributed by atoms with E-state index in [9.17, 15) is 25.0 Å². The first-order valence-corrected chi connectivity index (χ1v) is 6.23. The molecule has 2 rings (SSSR count). The monoisotopic (exact) mass is 295 g/mol. The van der Waals surface area contributed by atoms with Crippen molar-refractivity contribution in [2.24, 2.45) is 11.7 Å². The first kappa shape index (κ1) is 14.9. The molecular weight excluding hydrogens is 282 g/mol. The molecule has 112 valence electrons. The molecule has 1 aromatic rings. The molecular formula is C12H13N3O6. The average Bonchev–Trinajstić information content (AvgIpc) is 2.43. The molecule has 0 bridgehead atoms. The summed E-state index contributed by atoms with van der Waals surface area (Å²) >= 11 is 0. The minimum atomic E-state index is -0.736. The highest BCUT2D eigenvalue weighted by Gasteiger charge is 2.35. The van der Waals surface area contributed by atoms with Crippen molar-refractivity contribution in [1.29, 1.82) is 0 Å². The highest BCUT2D eigenvalue weighted by atomic mass is 16.6. The predicted molar refractivity (Wildman–Crippen MR) is 70.2 cm³/mol. The van der Waals surface area contributed by atoms with Crippen LogP contribution in [0, 0.1) is 26.1 Å². The van der Waals surface area contributed by atoms with E-state index in [1.54, 1.807) is 0 Å². The van der Waals surface area contributed by atoms with Crippen molar-refractivity contribution in [3.8, 4) is 0 Å². The van der Waals surface area contributed by atoms with Gasteiger partial charge in [-0.1, -0.05) is 0 Å². The maximum Gasteiger partial charge on any atom is 0.310 e. The third-order valence-corrected chi connectivity index (χ3v) is 3.40. The van der Waals surface area contributed by atoms with Gasteiger partial charge in [-0.2, -0.15) is 0 Å². The Hall–Kier alpha value is -2.55. The van der Waals surface area contributed by atoms with Crippen LogP contribution in [0.5, 0.6) is 0 Å². The molecule has 0 aromatic heterocycles. The number of nitrogens with two attached hydrogens (primary N) is 1. The van der Waals surface area contributed by atoms with E-state index in [0.29, 0.717) is 6.42 Å². The summed E-state index contributed by atoms with van der Waals surface area (Å²) in [7, 11) is 0. The Morgan fingerprint density at radius 1 is 1.19 bits per heavy atom. The Balaban J connectivity index is 2.10. The Labute approximate surface area is 119 Å². The van der Waals surface area contributed by atoms with E-state index in [1.807, 2.05) is 0 Å². The maximum atomic E-state index is 11.7. The number of carbonyl (C=O) groups excluding carboxylic acids is 1. The number of nitro groups is 2. The van der Waals surface area contributed by atoms with E-state index < -0.39 is 27.2 Å². The lowest BCUT2D eigenvalue weighted by atomic mass is 9.80. The fraction of sp³-hybridized carbons (Fsp3) is 0.417. The minimum Gasteiger partial charge on any atom is -0.461 e. The van der Waals surface area contributed by atoms with Crippen LogP contribution in [0.4, 0.5) is 11.4 Å². The molecule has 1 aliphatic rings. The lowest BCUT2D eigenvalue weighted by Gasteiger charge is -2.31. The van der Waals surface area contributed by atoms with Gasteiger partial charge in [0.2, 0.25) is 0 Å². The van der Waals surface area contributed by atoms with E-state index in [4.69, 9.17) is 10.5 Å².